The third kappa shape index (κ3) is 1.79. The molecule has 0 aromatic rings. The van der Waals surface area contributed by atoms with Crippen molar-refractivity contribution in [2.45, 2.75) is 25.7 Å². The number of amidine groups is 1. The van der Waals surface area contributed by atoms with Gasteiger partial charge in [-0.05, 0) is 43.4 Å². The molecule has 0 atom stereocenters. The fourth-order valence-electron chi connectivity index (χ4n) is 2.49. The maximum absolute atomic E-state index is 10.9. The quantitative estimate of drug-likeness (QED) is 0.750. The topological polar surface area (TPSA) is 52.9 Å². The first-order chi connectivity index (χ1) is 8.24. The molecule has 88 valence electrons. The number of fused-ring (bicyclic) bond motifs is 1. The summed E-state index contributed by atoms with van der Waals surface area (Å²) in [6, 6.07) is 0. The molecule has 0 unspecified atom stereocenters. The number of rotatable bonds is 1. The van der Waals surface area contributed by atoms with Crippen LogP contribution in [0, 0.1) is 0 Å². The van der Waals surface area contributed by atoms with Crippen LogP contribution in [0.4, 0.5) is 0 Å². The Morgan fingerprint density at radius 2 is 2.12 bits per heavy atom. The average molecular weight is 230 g/mol. The van der Waals surface area contributed by atoms with Crippen molar-refractivity contribution in [3.05, 3.63) is 35.2 Å². The summed E-state index contributed by atoms with van der Waals surface area (Å²) in [5.74, 6) is -0.0145. The SMILES string of the molecule is O=C(O)C1=CN2CC3=C(CCCC3)N=C2C=C1. The molecule has 3 rings (SSSR count). The molecule has 0 spiro atoms. The Morgan fingerprint density at radius 3 is 2.94 bits per heavy atom. The highest BCUT2D eigenvalue weighted by molar-refractivity contribution is 6.01. The van der Waals surface area contributed by atoms with E-state index < -0.39 is 5.97 Å². The Kier molecular flexibility index (Phi) is 2.35. The van der Waals surface area contributed by atoms with Gasteiger partial charge in [-0.2, -0.15) is 0 Å². The number of carbonyl (C=O) groups is 1. The van der Waals surface area contributed by atoms with Gasteiger partial charge in [-0.3, -0.25) is 0 Å². The van der Waals surface area contributed by atoms with E-state index in [2.05, 4.69) is 4.99 Å². The molecule has 3 aliphatic rings. The largest absolute Gasteiger partial charge is 0.478 e. The van der Waals surface area contributed by atoms with Crippen LogP contribution in [0.2, 0.25) is 0 Å². The van der Waals surface area contributed by atoms with E-state index in [4.69, 9.17) is 5.11 Å². The van der Waals surface area contributed by atoms with Crippen LogP contribution in [-0.4, -0.2) is 28.4 Å². The zero-order valence-electron chi connectivity index (χ0n) is 9.52. The van der Waals surface area contributed by atoms with E-state index in [9.17, 15) is 4.79 Å². The van der Waals surface area contributed by atoms with E-state index in [-0.39, 0.29) is 0 Å². The number of allylic oxidation sites excluding steroid dienone is 1. The zero-order valence-corrected chi connectivity index (χ0v) is 9.52. The molecule has 0 bridgehead atoms. The molecule has 0 aromatic carbocycles. The van der Waals surface area contributed by atoms with Crippen LogP contribution in [0.5, 0.6) is 0 Å². The van der Waals surface area contributed by atoms with E-state index in [1.807, 2.05) is 4.90 Å². The van der Waals surface area contributed by atoms with E-state index >= 15 is 0 Å². The molecule has 4 nitrogen and oxygen atoms in total. The normalized spacial score (nSPS) is 22.7. The highest BCUT2D eigenvalue weighted by atomic mass is 16.4. The second kappa shape index (κ2) is 3.87. The predicted octanol–water partition coefficient (Wildman–Crippen LogP) is 2.07. The van der Waals surface area contributed by atoms with E-state index in [1.165, 1.54) is 24.1 Å². The van der Waals surface area contributed by atoms with Crippen LogP contribution < -0.4 is 0 Å². The Morgan fingerprint density at radius 1 is 1.29 bits per heavy atom. The molecule has 17 heavy (non-hydrogen) atoms. The number of nitrogens with zero attached hydrogens (tertiary/aromatic N) is 2. The van der Waals surface area contributed by atoms with Gasteiger partial charge < -0.3 is 10.0 Å². The fraction of sp³-hybridized carbons (Fsp3) is 0.385. The summed E-state index contributed by atoms with van der Waals surface area (Å²) in [5.41, 5.74) is 2.92. The summed E-state index contributed by atoms with van der Waals surface area (Å²) in [6.45, 7) is 0.801. The maximum Gasteiger partial charge on any atom is 0.337 e. The van der Waals surface area contributed by atoms with Crippen molar-refractivity contribution >= 4 is 11.8 Å². The van der Waals surface area contributed by atoms with Gasteiger partial charge in [-0.15, -0.1) is 0 Å². The molecule has 0 saturated heterocycles. The molecular weight excluding hydrogens is 216 g/mol. The summed E-state index contributed by atoms with van der Waals surface area (Å²) in [5, 5.41) is 8.96. The first-order valence-corrected chi connectivity index (χ1v) is 5.93. The number of aliphatic imine (C=N–C) groups is 1. The molecular formula is C13H14N2O2. The molecule has 0 aromatic heterocycles. The van der Waals surface area contributed by atoms with Gasteiger partial charge in [-0.25, -0.2) is 9.79 Å². The minimum absolute atomic E-state index is 0.323. The molecule has 0 amide bonds. The molecule has 2 aliphatic heterocycles. The molecule has 2 heterocycles. The van der Waals surface area contributed by atoms with E-state index in [1.54, 1.807) is 18.4 Å². The van der Waals surface area contributed by atoms with Crippen LogP contribution in [0.25, 0.3) is 0 Å². The second-order valence-corrected chi connectivity index (χ2v) is 4.58. The fourth-order valence-corrected chi connectivity index (χ4v) is 2.49. The van der Waals surface area contributed by atoms with Crippen molar-refractivity contribution in [3.63, 3.8) is 0 Å². The van der Waals surface area contributed by atoms with Gasteiger partial charge in [0.1, 0.15) is 5.84 Å². The Hall–Kier alpha value is -1.84. The average Bonchev–Trinajstić information content (AvgIpc) is 2.35. The summed E-state index contributed by atoms with van der Waals surface area (Å²) >= 11 is 0. The van der Waals surface area contributed by atoms with Gasteiger partial charge in [0.25, 0.3) is 0 Å². The summed E-state index contributed by atoms with van der Waals surface area (Å²) < 4.78 is 0. The number of aliphatic carboxylic acids is 1. The van der Waals surface area contributed by atoms with Gasteiger partial charge in [0.2, 0.25) is 0 Å². The molecule has 1 aliphatic carbocycles. The Bertz CT molecular complexity index is 498. The highest BCUT2D eigenvalue weighted by Crippen LogP contribution is 2.30. The number of hydrogen-bond donors (Lipinski definition) is 1. The van der Waals surface area contributed by atoms with E-state index in [0.717, 1.165) is 25.2 Å². The van der Waals surface area contributed by atoms with Crippen LogP contribution in [0.1, 0.15) is 25.7 Å². The van der Waals surface area contributed by atoms with Gasteiger partial charge >= 0.3 is 5.97 Å². The van der Waals surface area contributed by atoms with Crippen molar-refractivity contribution in [2.24, 2.45) is 4.99 Å². The van der Waals surface area contributed by atoms with Crippen molar-refractivity contribution < 1.29 is 9.90 Å². The van der Waals surface area contributed by atoms with Crippen molar-refractivity contribution in [3.8, 4) is 0 Å². The monoisotopic (exact) mass is 230 g/mol. The predicted molar refractivity (Wildman–Crippen MR) is 64.5 cm³/mol. The van der Waals surface area contributed by atoms with Crippen LogP contribution in [0.15, 0.2) is 40.2 Å². The van der Waals surface area contributed by atoms with Crippen molar-refractivity contribution in [2.75, 3.05) is 6.54 Å². The van der Waals surface area contributed by atoms with Gasteiger partial charge in [0.05, 0.1) is 5.57 Å². The molecule has 0 radical (unpaired) electrons. The lowest BCUT2D eigenvalue weighted by Gasteiger charge is -2.32. The Labute approximate surface area is 99.6 Å². The highest BCUT2D eigenvalue weighted by Gasteiger charge is 2.24. The van der Waals surface area contributed by atoms with Gasteiger partial charge in [-0.1, -0.05) is 0 Å². The Balaban J connectivity index is 1.92. The summed E-state index contributed by atoms with van der Waals surface area (Å²) in [7, 11) is 0. The van der Waals surface area contributed by atoms with Crippen LogP contribution >= 0.6 is 0 Å². The summed E-state index contributed by atoms with van der Waals surface area (Å²) in [4.78, 5) is 17.5. The van der Waals surface area contributed by atoms with Crippen LogP contribution in [0.3, 0.4) is 0 Å². The smallest absolute Gasteiger partial charge is 0.337 e. The number of hydrogen-bond acceptors (Lipinski definition) is 3. The number of carboxylic acids is 1. The lowest BCUT2D eigenvalue weighted by Crippen LogP contribution is -2.33. The molecule has 0 saturated carbocycles. The third-order valence-corrected chi connectivity index (χ3v) is 3.41. The lowest BCUT2D eigenvalue weighted by atomic mass is 9.94. The molecule has 4 heteroatoms. The zero-order chi connectivity index (χ0) is 11.8. The first kappa shape index (κ1) is 10.3. The van der Waals surface area contributed by atoms with E-state index in [0.29, 0.717) is 5.57 Å². The minimum atomic E-state index is -0.885. The third-order valence-electron chi connectivity index (χ3n) is 3.41. The lowest BCUT2D eigenvalue weighted by molar-refractivity contribution is -0.132. The summed E-state index contributed by atoms with van der Waals surface area (Å²) in [6.07, 6.45) is 9.70. The second-order valence-electron chi connectivity index (χ2n) is 4.58. The maximum atomic E-state index is 10.9. The van der Waals surface area contributed by atoms with Crippen molar-refractivity contribution in [1.82, 2.24) is 4.90 Å². The molecule has 1 N–H and O–H groups in total. The standard InChI is InChI=1S/C13H14N2O2/c16-13(17)10-5-6-12-14-11-4-2-1-3-9(11)7-15(12)8-10/h5-6,8H,1-4,7H2,(H,16,17). The minimum Gasteiger partial charge on any atom is -0.478 e. The van der Waals surface area contributed by atoms with Gasteiger partial charge in [0.15, 0.2) is 0 Å². The number of carboxylic acid groups (broad SMARTS) is 1. The van der Waals surface area contributed by atoms with Crippen LogP contribution in [-0.2, 0) is 4.79 Å². The molecule has 0 fully saturated rings. The van der Waals surface area contributed by atoms with Gasteiger partial charge in [0, 0.05) is 18.4 Å². The van der Waals surface area contributed by atoms with Crippen molar-refractivity contribution in [1.29, 1.82) is 0 Å². The first-order valence-electron chi connectivity index (χ1n) is 5.93.